The predicted octanol–water partition coefficient (Wildman–Crippen LogP) is 4.45. The summed E-state index contributed by atoms with van der Waals surface area (Å²) in [4.78, 5) is 22.2. The highest BCUT2D eigenvalue weighted by molar-refractivity contribution is 5.84. The molecule has 1 fully saturated rings. The highest BCUT2D eigenvalue weighted by atomic mass is 19.3. The van der Waals surface area contributed by atoms with Gasteiger partial charge in [0.05, 0.1) is 30.1 Å². The molecular formula is C25H19F4N7O. The number of aromatic nitrogens is 7. The van der Waals surface area contributed by atoms with Gasteiger partial charge in [0.15, 0.2) is 12.0 Å². The van der Waals surface area contributed by atoms with Gasteiger partial charge >= 0.3 is 0 Å². The van der Waals surface area contributed by atoms with Crippen molar-refractivity contribution < 1.29 is 17.6 Å². The number of alkyl halides is 3. The van der Waals surface area contributed by atoms with E-state index in [1.165, 1.54) is 12.1 Å². The Balaban J connectivity index is 1.40. The van der Waals surface area contributed by atoms with E-state index in [4.69, 9.17) is 0 Å². The van der Waals surface area contributed by atoms with Crippen LogP contribution in [0.15, 0.2) is 66.2 Å². The van der Waals surface area contributed by atoms with Gasteiger partial charge in [-0.1, -0.05) is 6.07 Å². The molecule has 0 aliphatic heterocycles. The van der Waals surface area contributed by atoms with Crippen LogP contribution in [0.1, 0.15) is 24.5 Å². The number of pyridine rings is 2. The molecule has 4 heterocycles. The van der Waals surface area contributed by atoms with Crippen molar-refractivity contribution in [3.63, 3.8) is 0 Å². The van der Waals surface area contributed by atoms with E-state index in [2.05, 4.69) is 20.2 Å². The first-order valence-corrected chi connectivity index (χ1v) is 11.6. The van der Waals surface area contributed by atoms with Gasteiger partial charge in [-0.25, -0.2) is 27.5 Å². The molecule has 0 bridgehead atoms. The minimum Gasteiger partial charge on any atom is -0.309 e. The van der Waals surface area contributed by atoms with Crippen LogP contribution in [0.5, 0.6) is 0 Å². The molecule has 4 aromatic heterocycles. The van der Waals surface area contributed by atoms with Crippen molar-refractivity contribution in [1.29, 1.82) is 0 Å². The summed E-state index contributed by atoms with van der Waals surface area (Å²) in [5.74, 6) is -0.0504. The van der Waals surface area contributed by atoms with Crippen LogP contribution in [0.3, 0.4) is 0 Å². The van der Waals surface area contributed by atoms with Gasteiger partial charge in [-0.2, -0.15) is 0 Å². The Morgan fingerprint density at radius 2 is 1.86 bits per heavy atom. The lowest BCUT2D eigenvalue weighted by atomic mass is 10.1. The topological polar surface area (TPSA) is 83.4 Å². The van der Waals surface area contributed by atoms with Gasteiger partial charge in [0, 0.05) is 23.2 Å². The van der Waals surface area contributed by atoms with Gasteiger partial charge in [-0.05, 0) is 43.2 Å². The van der Waals surface area contributed by atoms with Gasteiger partial charge in [-0.3, -0.25) is 9.36 Å². The molecule has 0 N–H and O–H groups in total. The summed E-state index contributed by atoms with van der Waals surface area (Å²) >= 11 is 0. The number of halogens is 4. The Morgan fingerprint density at radius 1 is 1.03 bits per heavy atom. The fourth-order valence-electron chi connectivity index (χ4n) is 4.23. The van der Waals surface area contributed by atoms with Crippen molar-refractivity contribution in [1.82, 2.24) is 33.9 Å². The molecule has 1 aromatic carbocycles. The lowest BCUT2D eigenvalue weighted by Crippen LogP contribution is -2.21. The van der Waals surface area contributed by atoms with Crippen LogP contribution in [0, 0.1) is 5.82 Å². The molecule has 0 spiro atoms. The number of hydrogen-bond donors (Lipinski definition) is 0. The van der Waals surface area contributed by atoms with Crippen LogP contribution in [-0.2, 0) is 6.54 Å². The lowest BCUT2D eigenvalue weighted by Gasteiger charge is -2.12. The standard InChI is InChI=1S/C25H19F4N7O/c26-18-10-36(22-3-1-2-20(32-22)24-33-31-13-35(24)9-19(27)23(28)29)25(37)17-8-15(6-7-16(17)18)34-11-21(30-12-34)14-4-5-14/h1-3,6-8,10-14,19,23H,4-5,9H2. The number of nitrogens with zero attached hydrogens (tertiary/aromatic N) is 7. The third-order valence-corrected chi connectivity index (χ3v) is 6.32. The van der Waals surface area contributed by atoms with E-state index in [9.17, 15) is 18.0 Å². The SMILES string of the molecule is O=c1c2cc(-n3cnc(C4CC4)c3)ccc2c(F)cn1-c1cccc(-c2nncn2CC(F)C(F)F)n1. The second-order valence-electron chi connectivity index (χ2n) is 8.90. The fourth-order valence-corrected chi connectivity index (χ4v) is 4.23. The molecule has 6 rings (SSSR count). The molecule has 188 valence electrons. The Morgan fingerprint density at radius 3 is 2.65 bits per heavy atom. The minimum atomic E-state index is -3.17. The quantitative estimate of drug-likeness (QED) is 0.303. The zero-order chi connectivity index (χ0) is 25.7. The lowest BCUT2D eigenvalue weighted by molar-refractivity contribution is 0.0408. The molecular weight excluding hydrogens is 490 g/mol. The number of rotatable bonds is 7. The van der Waals surface area contributed by atoms with Crippen molar-refractivity contribution >= 4 is 10.8 Å². The van der Waals surface area contributed by atoms with Gasteiger partial charge in [0.2, 0.25) is 0 Å². The Kier molecular flexibility index (Phi) is 5.58. The van der Waals surface area contributed by atoms with Gasteiger partial charge in [-0.15, -0.1) is 10.2 Å². The van der Waals surface area contributed by atoms with Gasteiger partial charge in [0.1, 0.15) is 23.7 Å². The predicted molar refractivity (Wildman–Crippen MR) is 126 cm³/mol. The van der Waals surface area contributed by atoms with Crippen molar-refractivity contribution in [2.45, 2.75) is 37.9 Å². The van der Waals surface area contributed by atoms with Crippen molar-refractivity contribution in [3.8, 4) is 23.0 Å². The van der Waals surface area contributed by atoms with Gasteiger partial charge < -0.3 is 9.13 Å². The number of hydrogen-bond acceptors (Lipinski definition) is 5. The highest BCUT2D eigenvalue weighted by Gasteiger charge is 2.26. The van der Waals surface area contributed by atoms with Crippen LogP contribution in [0.25, 0.3) is 33.8 Å². The fraction of sp³-hybridized carbons (Fsp3) is 0.240. The molecule has 5 aromatic rings. The average Bonchev–Trinajstić information content (AvgIpc) is 3.44. The third-order valence-electron chi connectivity index (χ3n) is 6.32. The van der Waals surface area contributed by atoms with E-state index in [0.717, 1.165) is 40.2 Å². The second-order valence-corrected chi connectivity index (χ2v) is 8.90. The van der Waals surface area contributed by atoms with E-state index in [0.29, 0.717) is 11.6 Å². The van der Waals surface area contributed by atoms with Crippen molar-refractivity contribution in [2.24, 2.45) is 0 Å². The highest BCUT2D eigenvalue weighted by Crippen LogP contribution is 2.39. The number of benzene rings is 1. The van der Waals surface area contributed by atoms with Crippen molar-refractivity contribution in [3.05, 3.63) is 83.3 Å². The van der Waals surface area contributed by atoms with E-state index in [-0.39, 0.29) is 28.1 Å². The van der Waals surface area contributed by atoms with E-state index in [1.54, 1.807) is 35.2 Å². The smallest absolute Gasteiger partial charge is 0.271 e. The summed E-state index contributed by atoms with van der Waals surface area (Å²) in [6.45, 7) is -0.671. The average molecular weight is 509 g/mol. The Hall–Kier alpha value is -4.35. The summed E-state index contributed by atoms with van der Waals surface area (Å²) in [5, 5.41) is 7.82. The molecule has 1 unspecified atom stereocenters. The third kappa shape index (κ3) is 4.28. The zero-order valence-electron chi connectivity index (χ0n) is 19.2. The van der Waals surface area contributed by atoms with Crippen LogP contribution in [0.2, 0.25) is 0 Å². The first-order chi connectivity index (χ1) is 17.9. The normalized spacial score (nSPS) is 14.5. The summed E-state index contributed by atoms with van der Waals surface area (Å²) in [6.07, 6.45) is 2.37. The summed E-state index contributed by atoms with van der Waals surface area (Å²) < 4.78 is 58.1. The maximum atomic E-state index is 15.1. The number of fused-ring (bicyclic) bond motifs is 1. The first kappa shape index (κ1) is 23.1. The van der Waals surface area contributed by atoms with Crippen LogP contribution in [-0.4, -0.2) is 46.5 Å². The second kappa shape index (κ2) is 8.95. The van der Waals surface area contributed by atoms with Crippen LogP contribution < -0.4 is 5.56 Å². The maximum absolute atomic E-state index is 15.1. The summed E-state index contributed by atoms with van der Waals surface area (Å²) in [7, 11) is 0. The largest absolute Gasteiger partial charge is 0.309 e. The molecule has 1 saturated carbocycles. The molecule has 8 nitrogen and oxygen atoms in total. The summed E-state index contributed by atoms with van der Waals surface area (Å²) in [5.41, 5.74) is 1.30. The number of imidazole rings is 1. The van der Waals surface area contributed by atoms with Gasteiger partial charge in [0.25, 0.3) is 12.0 Å². The molecule has 0 saturated heterocycles. The molecule has 0 amide bonds. The molecule has 0 radical (unpaired) electrons. The van der Waals surface area contributed by atoms with E-state index < -0.39 is 30.5 Å². The van der Waals surface area contributed by atoms with E-state index >= 15 is 4.39 Å². The molecule has 12 heteroatoms. The van der Waals surface area contributed by atoms with E-state index in [1.807, 2.05) is 6.20 Å². The zero-order valence-corrected chi connectivity index (χ0v) is 19.2. The minimum absolute atomic E-state index is 0.0355. The van der Waals surface area contributed by atoms with Crippen molar-refractivity contribution in [2.75, 3.05) is 0 Å². The summed E-state index contributed by atoms with van der Waals surface area (Å²) in [6, 6.07) is 9.42. The van der Waals surface area contributed by atoms with Crippen LogP contribution >= 0.6 is 0 Å². The molecule has 1 aliphatic rings. The molecule has 1 aliphatic carbocycles. The molecule has 1 atom stereocenters. The Bertz CT molecular complexity index is 1670. The monoisotopic (exact) mass is 509 g/mol. The Labute approximate surface area is 206 Å². The molecule has 37 heavy (non-hydrogen) atoms. The maximum Gasteiger partial charge on any atom is 0.271 e. The van der Waals surface area contributed by atoms with Crippen LogP contribution in [0.4, 0.5) is 17.6 Å². The first-order valence-electron chi connectivity index (χ1n) is 11.6.